The average Bonchev–Trinajstić information content (AvgIpc) is 3.10. The molecule has 3 aromatic rings. The highest BCUT2D eigenvalue weighted by atomic mass is 35.5. The number of sulfonamides is 1. The lowest BCUT2D eigenvalue weighted by molar-refractivity contribution is 0.0992. The molecule has 0 saturated heterocycles. The van der Waals surface area contributed by atoms with E-state index < -0.39 is 15.9 Å². The number of ether oxygens (including phenoxy) is 1. The van der Waals surface area contributed by atoms with Crippen molar-refractivity contribution in [1.82, 2.24) is 0 Å². The van der Waals surface area contributed by atoms with Gasteiger partial charge in [-0.1, -0.05) is 23.7 Å². The standard InChI is InChI=1S/C18H15ClN2O5S/c19-15-3-1-2-4-16(15)25-11-13-7-10-17(26-13)18(22)21-12-5-8-14(9-6-12)27(20,23)24/h1-10H,11H2,(H,21,22)(H2,20,23,24). The number of hydrogen-bond acceptors (Lipinski definition) is 5. The number of anilines is 1. The van der Waals surface area contributed by atoms with Gasteiger partial charge in [-0.05, 0) is 48.5 Å². The molecule has 0 spiro atoms. The van der Waals surface area contributed by atoms with Crippen molar-refractivity contribution in [3.8, 4) is 5.75 Å². The molecule has 0 aliphatic rings. The summed E-state index contributed by atoms with van der Waals surface area (Å²) < 4.78 is 33.5. The van der Waals surface area contributed by atoms with Crippen LogP contribution in [0.25, 0.3) is 0 Å². The molecule has 0 saturated carbocycles. The van der Waals surface area contributed by atoms with E-state index in [2.05, 4.69) is 5.32 Å². The van der Waals surface area contributed by atoms with Gasteiger partial charge in [0.2, 0.25) is 10.0 Å². The quantitative estimate of drug-likeness (QED) is 0.651. The number of hydrogen-bond donors (Lipinski definition) is 2. The Kier molecular flexibility index (Phi) is 5.50. The van der Waals surface area contributed by atoms with Crippen molar-refractivity contribution in [2.24, 2.45) is 5.14 Å². The largest absolute Gasteiger partial charge is 0.484 e. The Labute approximate surface area is 160 Å². The van der Waals surface area contributed by atoms with Gasteiger partial charge >= 0.3 is 0 Å². The highest BCUT2D eigenvalue weighted by molar-refractivity contribution is 7.89. The maximum absolute atomic E-state index is 12.2. The van der Waals surface area contributed by atoms with Crippen LogP contribution in [0.3, 0.4) is 0 Å². The van der Waals surface area contributed by atoms with E-state index in [4.69, 9.17) is 25.9 Å². The van der Waals surface area contributed by atoms with E-state index in [9.17, 15) is 13.2 Å². The molecule has 140 valence electrons. The molecule has 0 aliphatic carbocycles. The van der Waals surface area contributed by atoms with Crippen LogP contribution in [-0.2, 0) is 16.6 Å². The second-order valence-electron chi connectivity index (χ2n) is 5.51. The van der Waals surface area contributed by atoms with E-state index in [1.54, 1.807) is 30.3 Å². The van der Waals surface area contributed by atoms with Gasteiger partial charge in [-0.15, -0.1) is 0 Å². The Bertz CT molecular complexity index is 1060. The van der Waals surface area contributed by atoms with Crippen LogP contribution in [0.4, 0.5) is 5.69 Å². The number of nitrogens with two attached hydrogens (primary N) is 1. The molecule has 0 aliphatic heterocycles. The molecule has 1 aromatic heterocycles. The average molecular weight is 407 g/mol. The summed E-state index contributed by atoms with van der Waals surface area (Å²) in [5.74, 6) is 0.562. The summed E-state index contributed by atoms with van der Waals surface area (Å²) >= 11 is 6.01. The lowest BCUT2D eigenvalue weighted by Gasteiger charge is -2.06. The molecule has 1 amide bonds. The number of furan rings is 1. The van der Waals surface area contributed by atoms with Crippen LogP contribution in [0, 0.1) is 0 Å². The number of primary sulfonamides is 1. The van der Waals surface area contributed by atoms with Crippen molar-refractivity contribution < 1.29 is 22.4 Å². The summed E-state index contributed by atoms with van der Waals surface area (Å²) in [6.45, 7) is 0.111. The lowest BCUT2D eigenvalue weighted by atomic mass is 10.3. The van der Waals surface area contributed by atoms with E-state index in [1.807, 2.05) is 0 Å². The molecule has 7 nitrogen and oxygen atoms in total. The fourth-order valence-electron chi connectivity index (χ4n) is 2.21. The first-order chi connectivity index (χ1) is 12.8. The van der Waals surface area contributed by atoms with Crippen molar-refractivity contribution >= 4 is 33.2 Å². The maximum Gasteiger partial charge on any atom is 0.291 e. The van der Waals surface area contributed by atoms with Gasteiger partial charge in [-0.3, -0.25) is 4.79 Å². The Balaban J connectivity index is 1.62. The van der Waals surface area contributed by atoms with Crippen LogP contribution in [0.15, 0.2) is 70.0 Å². The number of carbonyl (C=O) groups excluding carboxylic acids is 1. The Morgan fingerprint density at radius 1 is 1.07 bits per heavy atom. The number of halogens is 1. The minimum atomic E-state index is -3.78. The van der Waals surface area contributed by atoms with Gasteiger partial charge in [-0.25, -0.2) is 13.6 Å². The van der Waals surface area contributed by atoms with Gasteiger partial charge in [0, 0.05) is 5.69 Å². The number of para-hydroxylation sites is 1. The molecule has 3 N–H and O–H groups in total. The van der Waals surface area contributed by atoms with Gasteiger partial charge in [0.1, 0.15) is 18.1 Å². The van der Waals surface area contributed by atoms with Crippen molar-refractivity contribution in [1.29, 1.82) is 0 Å². The van der Waals surface area contributed by atoms with Crippen molar-refractivity contribution in [3.05, 3.63) is 77.2 Å². The highest BCUT2D eigenvalue weighted by Crippen LogP contribution is 2.24. The molecule has 3 rings (SSSR count). The molecule has 2 aromatic carbocycles. The van der Waals surface area contributed by atoms with E-state index in [0.717, 1.165) is 0 Å². The predicted molar refractivity (Wildman–Crippen MR) is 100 cm³/mol. The second kappa shape index (κ2) is 7.83. The fraction of sp³-hybridized carbons (Fsp3) is 0.0556. The normalized spacial score (nSPS) is 11.2. The van der Waals surface area contributed by atoms with Gasteiger partial charge in [0.15, 0.2) is 5.76 Å². The number of amides is 1. The molecule has 0 bridgehead atoms. The van der Waals surface area contributed by atoms with Crippen LogP contribution in [0.2, 0.25) is 5.02 Å². The van der Waals surface area contributed by atoms with Crippen molar-refractivity contribution in [3.63, 3.8) is 0 Å². The van der Waals surface area contributed by atoms with E-state index in [-0.39, 0.29) is 17.3 Å². The van der Waals surface area contributed by atoms with Gasteiger partial charge < -0.3 is 14.5 Å². The molecular weight excluding hydrogens is 392 g/mol. The number of carbonyl (C=O) groups is 1. The Hall–Kier alpha value is -2.81. The zero-order valence-corrected chi connectivity index (χ0v) is 15.5. The molecule has 0 fully saturated rings. The van der Waals surface area contributed by atoms with Crippen molar-refractivity contribution in [2.45, 2.75) is 11.5 Å². The molecule has 0 unspecified atom stereocenters. The zero-order chi connectivity index (χ0) is 19.4. The van der Waals surface area contributed by atoms with Crippen LogP contribution < -0.4 is 15.2 Å². The van der Waals surface area contributed by atoms with E-state index >= 15 is 0 Å². The molecule has 0 radical (unpaired) electrons. The van der Waals surface area contributed by atoms with E-state index in [0.29, 0.717) is 22.2 Å². The third-order valence-corrected chi connectivity index (χ3v) is 4.77. The van der Waals surface area contributed by atoms with Crippen LogP contribution in [0.5, 0.6) is 5.75 Å². The highest BCUT2D eigenvalue weighted by Gasteiger charge is 2.13. The van der Waals surface area contributed by atoms with Gasteiger partial charge in [0.25, 0.3) is 5.91 Å². The summed E-state index contributed by atoms with van der Waals surface area (Å²) in [7, 11) is -3.78. The number of nitrogens with one attached hydrogen (secondary N) is 1. The summed E-state index contributed by atoms with van der Waals surface area (Å²) in [6, 6.07) is 15.6. The van der Waals surface area contributed by atoms with Crippen molar-refractivity contribution in [2.75, 3.05) is 5.32 Å². The Morgan fingerprint density at radius 2 is 1.78 bits per heavy atom. The van der Waals surface area contributed by atoms with Crippen LogP contribution >= 0.6 is 11.6 Å². The summed E-state index contributed by atoms with van der Waals surface area (Å²) in [6.07, 6.45) is 0. The third kappa shape index (κ3) is 4.88. The van der Waals surface area contributed by atoms with Crippen LogP contribution in [-0.4, -0.2) is 14.3 Å². The van der Waals surface area contributed by atoms with E-state index in [1.165, 1.54) is 30.3 Å². The minimum absolute atomic E-state index is 0.0440. The molecule has 9 heteroatoms. The smallest absolute Gasteiger partial charge is 0.291 e. The first kappa shape index (κ1) is 19.0. The second-order valence-corrected chi connectivity index (χ2v) is 7.48. The molecule has 27 heavy (non-hydrogen) atoms. The first-order valence-electron chi connectivity index (χ1n) is 7.73. The minimum Gasteiger partial charge on any atom is -0.484 e. The Morgan fingerprint density at radius 3 is 2.44 bits per heavy atom. The molecule has 0 atom stereocenters. The summed E-state index contributed by atoms with van der Waals surface area (Å²) in [5.41, 5.74) is 0.401. The maximum atomic E-state index is 12.2. The first-order valence-corrected chi connectivity index (χ1v) is 9.65. The van der Waals surface area contributed by atoms with Gasteiger partial charge in [0.05, 0.1) is 9.92 Å². The molecular formula is C18H15ClN2O5S. The molecule has 1 heterocycles. The topological polar surface area (TPSA) is 112 Å². The monoisotopic (exact) mass is 406 g/mol. The SMILES string of the molecule is NS(=O)(=O)c1ccc(NC(=O)c2ccc(COc3ccccc3Cl)o2)cc1. The predicted octanol–water partition coefficient (Wildman–Crippen LogP) is 3.41. The van der Waals surface area contributed by atoms with Gasteiger partial charge in [-0.2, -0.15) is 0 Å². The summed E-state index contributed by atoms with van der Waals surface area (Å²) in [5, 5.41) is 8.11. The summed E-state index contributed by atoms with van der Waals surface area (Å²) in [4.78, 5) is 12.2. The lowest BCUT2D eigenvalue weighted by Crippen LogP contribution is -2.13. The van der Waals surface area contributed by atoms with Crippen LogP contribution in [0.1, 0.15) is 16.3 Å². The third-order valence-electron chi connectivity index (χ3n) is 3.53. The number of rotatable bonds is 6. The fourth-order valence-corrected chi connectivity index (χ4v) is 2.91. The zero-order valence-electron chi connectivity index (χ0n) is 13.9. The number of benzene rings is 2.